The van der Waals surface area contributed by atoms with E-state index in [0.717, 1.165) is 0 Å². The van der Waals surface area contributed by atoms with Gasteiger partial charge in [0.05, 0.1) is 26.0 Å². The highest BCUT2D eigenvalue weighted by Crippen LogP contribution is 2.36. The molecule has 0 radical (unpaired) electrons. The van der Waals surface area contributed by atoms with E-state index in [1.807, 2.05) is 0 Å². The highest BCUT2D eigenvalue weighted by Gasteiger charge is 2.28. The molecule has 36 heavy (non-hydrogen) atoms. The van der Waals surface area contributed by atoms with Gasteiger partial charge in [-0.1, -0.05) is 23.4 Å². The zero-order chi connectivity index (χ0) is 25.4. The van der Waals surface area contributed by atoms with Gasteiger partial charge >= 0.3 is 5.51 Å². The SMILES string of the molecule is Fc1cc(OCc2coc(/C=C/c3ccc(SC(F)(F)F)cc3)n2)ccc1COCCn1ccnn1. The van der Waals surface area contributed by atoms with Crippen LogP contribution in [0.2, 0.25) is 0 Å². The van der Waals surface area contributed by atoms with Crippen LogP contribution in [0.5, 0.6) is 5.75 Å². The van der Waals surface area contributed by atoms with Gasteiger partial charge in [-0.05, 0) is 41.6 Å². The van der Waals surface area contributed by atoms with Crippen molar-refractivity contribution in [2.75, 3.05) is 6.61 Å². The van der Waals surface area contributed by atoms with E-state index in [1.54, 1.807) is 53.5 Å². The van der Waals surface area contributed by atoms with Gasteiger partial charge in [0.2, 0.25) is 5.89 Å². The lowest BCUT2D eigenvalue weighted by atomic mass is 10.2. The number of aromatic nitrogens is 4. The first-order valence-electron chi connectivity index (χ1n) is 10.7. The Kier molecular flexibility index (Phi) is 8.39. The second-order valence-corrected chi connectivity index (χ2v) is 8.53. The molecule has 0 N–H and O–H groups in total. The van der Waals surface area contributed by atoms with Crippen LogP contribution in [0, 0.1) is 5.82 Å². The molecule has 7 nitrogen and oxygen atoms in total. The molecule has 2 aromatic heterocycles. The van der Waals surface area contributed by atoms with E-state index in [9.17, 15) is 17.6 Å². The second kappa shape index (κ2) is 11.9. The summed E-state index contributed by atoms with van der Waals surface area (Å²) in [6.45, 7) is 1.06. The number of nitrogens with zero attached hydrogens (tertiary/aromatic N) is 4. The first-order chi connectivity index (χ1) is 17.3. The van der Waals surface area contributed by atoms with Gasteiger partial charge in [-0.3, -0.25) is 4.68 Å². The Labute approximate surface area is 207 Å². The molecule has 0 saturated carbocycles. The Bertz CT molecular complexity index is 1280. The Morgan fingerprint density at radius 1 is 1.06 bits per heavy atom. The van der Waals surface area contributed by atoms with Crippen LogP contribution >= 0.6 is 11.8 Å². The fourth-order valence-corrected chi connectivity index (χ4v) is 3.54. The molecule has 0 aliphatic heterocycles. The Hall–Kier alpha value is -3.64. The largest absolute Gasteiger partial charge is 0.487 e. The van der Waals surface area contributed by atoms with Crippen molar-refractivity contribution in [1.29, 1.82) is 0 Å². The zero-order valence-corrected chi connectivity index (χ0v) is 19.5. The molecule has 0 fully saturated rings. The van der Waals surface area contributed by atoms with Crippen LogP contribution < -0.4 is 4.74 Å². The summed E-state index contributed by atoms with van der Waals surface area (Å²) in [5.41, 5.74) is -2.74. The van der Waals surface area contributed by atoms with E-state index in [-0.39, 0.29) is 29.9 Å². The van der Waals surface area contributed by atoms with Crippen molar-refractivity contribution in [3.8, 4) is 5.75 Å². The Morgan fingerprint density at radius 2 is 1.89 bits per heavy atom. The third-order valence-electron chi connectivity index (χ3n) is 4.71. The zero-order valence-electron chi connectivity index (χ0n) is 18.7. The summed E-state index contributed by atoms with van der Waals surface area (Å²) >= 11 is -0.167. The maximum atomic E-state index is 14.4. The highest BCUT2D eigenvalue weighted by molar-refractivity contribution is 8.00. The number of ether oxygens (including phenoxy) is 2. The van der Waals surface area contributed by atoms with Crippen molar-refractivity contribution in [2.45, 2.75) is 30.2 Å². The van der Waals surface area contributed by atoms with E-state index < -0.39 is 11.3 Å². The van der Waals surface area contributed by atoms with Crippen molar-refractivity contribution in [3.05, 3.63) is 89.7 Å². The molecular formula is C24H20F4N4O3S. The van der Waals surface area contributed by atoms with Crippen LogP contribution in [0.4, 0.5) is 17.6 Å². The predicted octanol–water partition coefficient (Wildman–Crippen LogP) is 5.98. The Morgan fingerprint density at radius 3 is 2.61 bits per heavy atom. The third kappa shape index (κ3) is 7.95. The van der Waals surface area contributed by atoms with Crippen LogP contribution in [0.3, 0.4) is 0 Å². The van der Waals surface area contributed by atoms with Crippen LogP contribution in [0.15, 0.2) is 70.4 Å². The first kappa shape index (κ1) is 25.5. The third-order valence-corrected chi connectivity index (χ3v) is 5.45. The molecule has 0 amide bonds. The molecule has 188 valence electrons. The lowest BCUT2D eigenvalue weighted by Gasteiger charge is -2.08. The summed E-state index contributed by atoms with van der Waals surface area (Å²) in [5.74, 6) is 0.180. The number of hydrogen-bond donors (Lipinski definition) is 0. The first-order valence-corrected chi connectivity index (χ1v) is 11.5. The lowest BCUT2D eigenvalue weighted by molar-refractivity contribution is -0.0328. The van der Waals surface area contributed by atoms with E-state index in [4.69, 9.17) is 13.9 Å². The van der Waals surface area contributed by atoms with Crippen LogP contribution in [-0.2, 0) is 24.5 Å². The van der Waals surface area contributed by atoms with E-state index >= 15 is 0 Å². The maximum Gasteiger partial charge on any atom is 0.446 e. The van der Waals surface area contributed by atoms with Gasteiger partial charge in [-0.15, -0.1) is 5.10 Å². The standard InChI is InChI=1S/C24H20F4N4O3S/c25-22-13-20(5-4-18(22)14-33-12-11-32-10-9-29-31-32)34-15-19-16-35-23(30-19)8-3-17-1-6-21(7-2-17)36-24(26,27)28/h1-10,13,16H,11-12,14-15H2/b8-3+. The number of oxazole rings is 1. The molecule has 0 bridgehead atoms. The number of rotatable bonds is 11. The molecular weight excluding hydrogens is 500 g/mol. The summed E-state index contributed by atoms with van der Waals surface area (Å²) in [7, 11) is 0. The molecule has 0 aliphatic rings. The summed E-state index contributed by atoms with van der Waals surface area (Å²) < 4.78 is 69.6. The van der Waals surface area contributed by atoms with Crippen LogP contribution in [0.1, 0.15) is 22.7 Å². The van der Waals surface area contributed by atoms with E-state index in [0.29, 0.717) is 41.6 Å². The molecule has 0 unspecified atom stereocenters. The number of hydrogen-bond acceptors (Lipinski definition) is 7. The monoisotopic (exact) mass is 520 g/mol. The predicted molar refractivity (Wildman–Crippen MR) is 124 cm³/mol. The highest BCUT2D eigenvalue weighted by atomic mass is 32.2. The summed E-state index contributed by atoms with van der Waals surface area (Å²) in [4.78, 5) is 4.37. The summed E-state index contributed by atoms with van der Waals surface area (Å²) in [6.07, 6.45) is 7.96. The average Bonchev–Trinajstić information content (AvgIpc) is 3.52. The van der Waals surface area contributed by atoms with Gasteiger partial charge in [-0.2, -0.15) is 13.2 Å². The quantitative estimate of drug-likeness (QED) is 0.137. The van der Waals surface area contributed by atoms with Crippen molar-refractivity contribution in [2.24, 2.45) is 0 Å². The molecule has 4 rings (SSSR count). The minimum Gasteiger partial charge on any atom is -0.487 e. The fourth-order valence-electron chi connectivity index (χ4n) is 3.00. The molecule has 12 heteroatoms. The molecule has 2 heterocycles. The average molecular weight is 521 g/mol. The van der Waals surface area contributed by atoms with Crippen LogP contribution in [-0.4, -0.2) is 32.1 Å². The minimum atomic E-state index is -4.32. The Balaban J connectivity index is 1.23. The van der Waals surface area contributed by atoms with E-state index in [1.165, 1.54) is 24.5 Å². The van der Waals surface area contributed by atoms with Gasteiger partial charge in [-0.25, -0.2) is 9.37 Å². The summed E-state index contributed by atoms with van der Waals surface area (Å²) in [6, 6.07) is 10.4. The number of thioether (sulfide) groups is 1. The van der Waals surface area contributed by atoms with Gasteiger partial charge < -0.3 is 13.9 Å². The van der Waals surface area contributed by atoms with Crippen molar-refractivity contribution in [1.82, 2.24) is 20.0 Å². The van der Waals surface area contributed by atoms with Crippen LogP contribution in [0.25, 0.3) is 12.2 Å². The lowest BCUT2D eigenvalue weighted by Crippen LogP contribution is -2.07. The summed E-state index contributed by atoms with van der Waals surface area (Å²) in [5, 5.41) is 7.52. The number of halogens is 4. The maximum absolute atomic E-state index is 14.4. The molecule has 2 aromatic carbocycles. The second-order valence-electron chi connectivity index (χ2n) is 7.39. The number of benzene rings is 2. The van der Waals surface area contributed by atoms with Crippen molar-refractivity contribution >= 4 is 23.9 Å². The van der Waals surface area contributed by atoms with E-state index in [2.05, 4.69) is 15.3 Å². The molecule has 0 spiro atoms. The van der Waals surface area contributed by atoms with Gasteiger partial charge in [0, 0.05) is 28.8 Å². The van der Waals surface area contributed by atoms with Gasteiger partial charge in [0.25, 0.3) is 0 Å². The number of alkyl halides is 3. The van der Waals surface area contributed by atoms with Gasteiger partial charge in [0.15, 0.2) is 0 Å². The minimum absolute atomic E-state index is 0.0634. The van der Waals surface area contributed by atoms with Gasteiger partial charge in [0.1, 0.15) is 30.1 Å². The molecule has 0 aliphatic carbocycles. The fraction of sp³-hybridized carbons (Fsp3) is 0.208. The topological polar surface area (TPSA) is 75.2 Å². The normalized spacial score (nSPS) is 11.9. The smallest absolute Gasteiger partial charge is 0.446 e. The van der Waals surface area contributed by atoms with Crippen molar-refractivity contribution < 1.29 is 31.5 Å². The molecule has 0 saturated heterocycles. The molecule has 4 aromatic rings. The van der Waals surface area contributed by atoms with Crippen molar-refractivity contribution in [3.63, 3.8) is 0 Å². The molecule has 0 atom stereocenters.